The van der Waals surface area contributed by atoms with Crippen molar-refractivity contribution < 1.29 is 18.7 Å². The van der Waals surface area contributed by atoms with E-state index in [1.165, 1.54) is 5.56 Å². The highest BCUT2D eigenvalue weighted by Crippen LogP contribution is 2.48. The maximum absolute atomic E-state index is 13.3. The molecule has 1 aromatic carbocycles. The molecule has 0 radical (unpaired) electrons. The Morgan fingerprint density at radius 2 is 1.94 bits per heavy atom. The summed E-state index contributed by atoms with van der Waals surface area (Å²) in [7, 11) is 0. The van der Waals surface area contributed by atoms with E-state index in [2.05, 4.69) is 12.1 Å². The van der Waals surface area contributed by atoms with Crippen molar-refractivity contribution in [2.45, 2.75) is 51.2 Å². The second kappa shape index (κ2) is 10.1. The van der Waals surface area contributed by atoms with Gasteiger partial charge in [-0.15, -0.1) is 0 Å². The third-order valence-electron chi connectivity index (χ3n) is 6.19. The Hall–Kier alpha value is -2.60. The van der Waals surface area contributed by atoms with Gasteiger partial charge in [0.1, 0.15) is 5.76 Å². The molecule has 2 aliphatic rings. The van der Waals surface area contributed by atoms with E-state index in [1.54, 1.807) is 16.1 Å². The van der Waals surface area contributed by atoms with Gasteiger partial charge in [0.25, 0.3) is 0 Å². The van der Waals surface area contributed by atoms with Crippen molar-refractivity contribution >= 4 is 11.8 Å². The van der Waals surface area contributed by atoms with Crippen molar-refractivity contribution in [3.05, 3.63) is 60.1 Å². The Morgan fingerprint density at radius 3 is 2.61 bits per heavy atom. The predicted molar refractivity (Wildman–Crippen MR) is 117 cm³/mol. The third-order valence-corrected chi connectivity index (χ3v) is 6.19. The topological polar surface area (TPSA) is 63.0 Å². The summed E-state index contributed by atoms with van der Waals surface area (Å²) in [6.45, 7) is 4.42. The standard InChI is InChI=1S/C25H32N2O4/c1-2-12-26(25(29)23-15-22(23)19-8-4-3-5-9-19)18-24(28)27(16-20-10-6-13-30-20)17-21-11-7-14-31-21/h3-6,8-10,13,21-23H,2,7,11-12,14-18H2,1H3. The van der Waals surface area contributed by atoms with E-state index in [-0.39, 0.29) is 36.3 Å². The van der Waals surface area contributed by atoms with E-state index in [9.17, 15) is 9.59 Å². The van der Waals surface area contributed by atoms with E-state index in [0.29, 0.717) is 19.6 Å². The zero-order valence-electron chi connectivity index (χ0n) is 18.2. The van der Waals surface area contributed by atoms with Crippen LogP contribution in [0.15, 0.2) is 53.1 Å². The van der Waals surface area contributed by atoms with E-state index in [1.807, 2.05) is 37.3 Å². The Labute approximate surface area is 184 Å². The Balaban J connectivity index is 1.41. The third kappa shape index (κ3) is 5.56. The molecular weight excluding hydrogens is 392 g/mol. The van der Waals surface area contributed by atoms with Gasteiger partial charge in [-0.2, -0.15) is 0 Å². The van der Waals surface area contributed by atoms with Crippen LogP contribution in [0.3, 0.4) is 0 Å². The van der Waals surface area contributed by atoms with Gasteiger partial charge in [0.05, 0.1) is 25.5 Å². The van der Waals surface area contributed by atoms with Crippen molar-refractivity contribution in [2.24, 2.45) is 5.92 Å². The molecule has 1 saturated heterocycles. The summed E-state index contributed by atoms with van der Waals surface area (Å²) in [5.41, 5.74) is 1.21. The number of hydrogen-bond donors (Lipinski definition) is 0. The first-order chi connectivity index (χ1) is 15.2. The lowest BCUT2D eigenvalue weighted by Crippen LogP contribution is -2.45. The maximum Gasteiger partial charge on any atom is 0.242 e. The Bertz CT molecular complexity index is 846. The number of rotatable bonds is 10. The average Bonchev–Trinajstić information content (AvgIpc) is 3.12. The number of hydrogen-bond acceptors (Lipinski definition) is 4. The highest BCUT2D eigenvalue weighted by Gasteiger charge is 2.46. The molecule has 1 saturated carbocycles. The SMILES string of the molecule is CCCN(CC(=O)N(Cc1ccco1)CC1CCCO1)C(=O)C1CC1c1ccccc1. The molecule has 1 aromatic heterocycles. The van der Waals surface area contributed by atoms with Crippen molar-refractivity contribution in [1.82, 2.24) is 9.80 Å². The van der Waals surface area contributed by atoms with Crippen LogP contribution in [0.25, 0.3) is 0 Å². The summed E-state index contributed by atoms with van der Waals surface area (Å²) < 4.78 is 11.2. The molecule has 0 bridgehead atoms. The first-order valence-electron chi connectivity index (χ1n) is 11.4. The predicted octanol–water partition coefficient (Wildman–Crippen LogP) is 3.83. The maximum atomic E-state index is 13.3. The van der Waals surface area contributed by atoms with Crippen LogP contribution in [0, 0.1) is 5.92 Å². The quantitative estimate of drug-likeness (QED) is 0.582. The number of ether oxygens (including phenoxy) is 1. The monoisotopic (exact) mass is 424 g/mol. The highest BCUT2D eigenvalue weighted by molar-refractivity contribution is 5.88. The van der Waals surface area contributed by atoms with Crippen LogP contribution in [0.4, 0.5) is 0 Å². The van der Waals surface area contributed by atoms with Crippen LogP contribution in [0.1, 0.15) is 49.8 Å². The number of furan rings is 1. The summed E-state index contributed by atoms with van der Waals surface area (Å²) in [4.78, 5) is 30.0. The van der Waals surface area contributed by atoms with Crippen LogP contribution in [0.2, 0.25) is 0 Å². The molecule has 2 heterocycles. The number of carbonyl (C=O) groups is 2. The van der Waals surface area contributed by atoms with Crippen LogP contribution < -0.4 is 0 Å². The summed E-state index contributed by atoms with van der Waals surface area (Å²) in [5, 5.41) is 0. The second-order valence-corrected chi connectivity index (χ2v) is 8.61. The summed E-state index contributed by atoms with van der Waals surface area (Å²) in [6, 6.07) is 13.9. The fourth-order valence-corrected chi connectivity index (χ4v) is 4.45. The van der Waals surface area contributed by atoms with Crippen molar-refractivity contribution in [3.8, 4) is 0 Å². The lowest BCUT2D eigenvalue weighted by molar-refractivity contribution is -0.142. The highest BCUT2D eigenvalue weighted by atomic mass is 16.5. The summed E-state index contributed by atoms with van der Waals surface area (Å²) >= 11 is 0. The van der Waals surface area contributed by atoms with Gasteiger partial charge in [0.15, 0.2) is 0 Å². The van der Waals surface area contributed by atoms with Gasteiger partial charge in [-0.25, -0.2) is 0 Å². The summed E-state index contributed by atoms with van der Waals surface area (Å²) in [5.74, 6) is 1.04. The average molecular weight is 425 g/mol. The van der Waals surface area contributed by atoms with Crippen molar-refractivity contribution in [1.29, 1.82) is 0 Å². The van der Waals surface area contributed by atoms with Gasteiger partial charge in [0.2, 0.25) is 11.8 Å². The molecule has 6 nitrogen and oxygen atoms in total. The number of amides is 2. The molecule has 0 spiro atoms. The molecular formula is C25H32N2O4. The Morgan fingerprint density at radius 1 is 1.10 bits per heavy atom. The van der Waals surface area contributed by atoms with Crippen LogP contribution >= 0.6 is 0 Å². The molecule has 0 N–H and O–H groups in total. The molecule has 1 aliphatic carbocycles. The minimum absolute atomic E-state index is 0.0153. The minimum atomic E-state index is -0.0504. The molecule has 2 aromatic rings. The zero-order valence-corrected chi connectivity index (χ0v) is 18.2. The molecule has 2 fully saturated rings. The molecule has 3 atom stereocenters. The summed E-state index contributed by atoms with van der Waals surface area (Å²) in [6.07, 6.45) is 5.35. The fraction of sp³-hybridized carbons (Fsp3) is 0.520. The number of carbonyl (C=O) groups excluding carboxylic acids is 2. The first kappa shape index (κ1) is 21.6. The lowest BCUT2D eigenvalue weighted by atomic mass is 10.1. The molecule has 1 aliphatic heterocycles. The molecule has 6 heteroatoms. The van der Waals surface area contributed by atoms with Crippen molar-refractivity contribution in [3.63, 3.8) is 0 Å². The lowest BCUT2D eigenvalue weighted by Gasteiger charge is -2.29. The van der Waals surface area contributed by atoms with Crippen LogP contribution in [0.5, 0.6) is 0 Å². The van der Waals surface area contributed by atoms with Gasteiger partial charge >= 0.3 is 0 Å². The molecule has 31 heavy (non-hydrogen) atoms. The Kier molecular flexibility index (Phi) is 7.07. The molecule has 2 amide bonds. The first-order valence-corrected chi connectivity index (χ1v) is 11.4. The minimum Gasteiger partial charge on any atom is -0.467 e. The van der Waals surface area contributed by atoms with E-state index in [0.717, 1.165) is 38.1 Å². The zero-order chi connectivity index (χ0) is 21.6. The van der Waals surface area contributed by atoms with E-state index in [4.69, 9.17) is 9.15 Å². The van der Waals surface area contributed by atoms with Crippen LogP contribution in [-0.4, -0.2) is 54.0 Å². The number of nitrogens with zero attached hydrogens (tertiary/aromatic N) is 2. The molecule has 166 valence electrons. The van der Waals surface area contributed by atoms with Gasteiger partial charge < -0.3 is 19.0 Å². The van der Waals surface area contributed by atoms with Crippen LogP contribution in [-0.2, 0) is 20.9 Å². The van der Waals surface area contributed by atoms with E-state index < -0.39 is 0 Å². The van der Waals surface area contributed by atoms with Gasteiger partial charge in [-0.3, -0.25) is 9.59 Å². The van der Waals surface area contributed by atoms with Gasteiger partial charge in [0, 0.05) is 25.6 Å². The largest absolute Gasteiger partial charge is 0.467 e. The molecule has 3 unspecified atom stereocenters. The molecule has 4 rings (SSSR count). The fourth-order valence-electron chi connectivity index (χ4n) is 4.45. The second-order valence-electron chi connectivity index (χ2n) is 8.61. The number of benzene rings is 1. The van der Waals surface area contributed by atoms with Gasteiger partial charge in [-0.1, -0.05) is 37.3 Å². The van der Waals surface area contributed by atoms with Crippen molar-refractivity contribution in [2.75, 3.05) is 26.2 Å². The van der Waals surface area contributed by atoms with E-state index >= 15 is 0 Å². The van der Waals surface area contributed by atoms with Gasteiger partial charge in [-0.05, 0) is 49.3 Å². The normalized spacial score (nSPS) is 22.3. The smallest absolute Gasteiger partial charge is 0.242 e.